The van der Waals surface area contributed by atoms with Crippen molar-refractivity contribution in [2.45, 2.75) is 16.3 Å². The van der Waals surface area contributed by atoms with Crippen molar-refractivity contribution in [2.75, 3.05) is 0 Å². The highest BCUT2D eigenvalue weighted by atomic mass is 35.5. The number of rotatable bonds is 4. The lowest BCUT2D eigenvalue weighted by molar-refractivity contribution is 0.795. The molecule has 0 bridgehead atoms. The lowest BCUT2D eigenvalue weighted by Crippen LogP contribution is -1.97. The van der Waals surface area contributed by atoms with Gasteiger partial charge in [-0.1, -0.05) is 41.6 Å². The molecule has 116 valence electrons. The van der Waals surface area contributed by atoms with Gasteiger partial charge in [0.1, 0.15) is 6.07 Å². The molecule has 0 aliphatic heterocycles. The summed E-state index contributed by atoms with van der Waals surface area (Å²) < 4.78 is 1.99. The molecule has 1 heterocycles. The summed E-state index contributed by atoms with van der Waals surface area (Å²) in [5, 5.41) is 9.99. The molecule has 1 aromatic heterocycles. The second-order valence-corrected chi connectivity index (χ2v) is 6.20. The molecular formula is C17H13Cl2N3S. The Bertz CT molecular complexity index is 826. The Kier molecular flexibility index (Phi) is 6.12. The van der Waals surface area contributed by atoms with Crippen LogP contribution in [0.15, 0.2) is 71.0 Å². The number of halogens is 2. The molecule has 6 heteroatoms. The van der Waals surface area contributed by atoms with Crippen LogP contribution < -0.4 is 0 Å². The first-order valence-electron chi connectivity index (χ1n) is 6.67. The van der Waals surface area contributed by atoms with Gasteiger partial charge in [0, 0.05) is 28.7 Å². The zero-order valence-electron chi connectivity index (χ0n) is 12.0. The smallest absolute Gasteiger partial charge is 0.100 e. The van der Waals surface area contributed by atoms with Crippen molar-refractivity contribution in [3.63, 3.8) is 0 Å². The van der Waals surface area contributed by atoms with Crippen LogP contribution in [0.2, 0.25) is 5.02 Å². The van der Waals surface area contributed by atoms with E-state index in [0.717, 1.165) is 21.9 Å². The van der Waals surface area contributed by atoms with E-state index in [1.807, 2.05) is 53.2 Å². The largest absolute Gasteiger partial charge is 0.333 e. The maximum absolute atomic E-state index is 9.30. The van der Waals surface area contributed by atoms with Crippen molar-refractivity contribution in [3.05, 3.63) is 77.3 Å². The maximum atomic E-state index is 9.30. The number of hydrogen-bond donors (Lipinski definition) is 0. The van der Waals surface area contributed by atoms with Crippen molar-refractivity contribution in [1.82, 2.24) is 9.55 Å². The Labute approximate surface area is 150 Å². The van der Waals surface area contributed by atoms with Gasteiger partial charge in [0.15, 0.2) is 0 Å². The molecule has 0 spiro atoms. The van der Waals surface area contributed by atoms with Crippen LogP contribution in [0, 0.1) is 11.3 Å². The summed E-state index contributed by atoms with van der Waals surface area (Å²) in [5.74, 6) is 0. The first-order valence-corrected chi connectivity index (χ1v) is 7.87. The number of aromatic nitrogens is 2. The van der Waals surface area contributed by atoms with Crippen molar-refractivity contribution in [2.24, 2.45) is 0 Å². The van der Waals surface area contributed by atoms with Crippen molar-refractivity contribution >= 4 is 35.8 Å². The fourth-order valence-corrected chi connectivity index (χ4v) is 3.31. The highest BCUT2D eigenvalue weighted by Crippen LogP contribution is 2.35. The molecule has 0 unspecified atom stereocenters. The van der Waals surface area contributed by atoms with Crippen LogP contribution in [-0.4, -0.2) is 9.55 Å². The van der Waals surface area contributed by atoms with Gasteiger partial charge in [-0.15, -0.1) is 12.4 Å². The number of hydrogen-bond acceptors (Lipinski definition) is 3. The quantitative estimate of drug-likeness (QED) is 0.654. The summed E-state index contributed by atoms with van der Waals surface area (Å²) >= 11 is 7.72. The third-order valence-electron chi connectivity index (χ3n) is 3.15. The fraction of sp³-hybridized carbons (Fsp3) is 0.0588. The highest BCUT2D eigenvalue weighted by molar-refractivity contribution is 7.99. The standard InChI is InChI=1S/C17H12ClN3S.ClH/c18-15-3-1-2-4-16(15)22-17-9-13(5-6-14(17)10-19)11-21-8-7-20-12-21;/h1-9,12H,11H2;1H. The molecule has 0 aliphatic carbocycles. The number of nitriles is 1. The lowest BCUT2D eigenvalue weighted by Gasteiger charge is -2.09. The van der Waals surface area contributed by atoms with Crippen LogP contribution in [0.4, 0.5) is 0 Å². The molecule has 0 fully saturated rings. The monoisotopic (exact) mass is 361 g/mol. The molecule has 3 nitrogen and oxygen atoms in total. The van der Waals surface area contributed by atoms with Gasteiger partial charge in [0.05, 0.1) is 16.9 Å². The minimum atomic E-state index is 0. The molecule has 0 atom stereocenters. The number of nitrogens with zero attached hydrogens (tertiary/aromatic N) is 3. The minimum Gasteiger partial charge on any atom is -0.333 e. The molecule has 0 saturated carbocycles. The second-order valence-electron chi connectivity index (χ2n) is 4.71. The van der Waals surface area contributed by atoms with Crippen LogP contribution in [0.5, 0.6) is 0 Å². The Morgan fingerprint density at radius 2 is 2.00 bits per heavy atom. The third-order valence-corrected chi connectivity index (χ3v) is 4.72. The van der Waals surface area contributed by atoms with Crippen LogP contribution in [0.25, 0.3) is 0 Å². The summed E-state index contributed by atoms with van der Waals surface area (Å²) in [6.07, 6.45) is 5.45. The number of imidazole rings is 1. The Hall–Kier alpha value is -1.93. The molecule has 0 amide bonds. The Morgan fingerprint density at radius 3 is 2.70 bits per heavy atom. The van der Waals surface area contributed by atoms with Gasteiger partial charge in [0.2, 0.25) is 0 Å². The van der Waals surface area contributed by atoms with Gasteiger partial charge in [-0.2, -0.15) is 5.26 Å². The molecule has 3 aromatic rings. The van der Waals surface area contributed by atoms with Gasteiger partial charge in [-0.25, -0.2) is 4.98 Å². The first kappa shape index (κ1) is 17.4. The van der Waals surface area contributed by atoms with E-state index in [0.29, 0.717) is 10.6 Å². The normalized spacial score (nSPS) is 9.91. The Balaban J connectivity index is 0.00000192. The van der Waals surface area contributed by atoms with E-state index < -0.39 is 0 Å². The van der Waals surface area contributed by atoms with E-state index in [2.05, 4.69) is 11.1 Å². The summed E-state index contributed by atoms with van der Waals surface area (Å²) in [5.41, 5.74) is 1.77. The Morgan fingerprint density at radius 1 is 1.17 bits per heavy atom. The van der Waals surface area contributed by atoms with Gasteiger partial charge in [0.25, 0.3) is 0 Å². The topological polar surface area (TPSA) is 41.6 Å². The van der Waals surface area contributed by atoms with Crippen LogP contribution in [0.3, 0.4) is 0 Å². The van der Waals surface area contributed by atoms with Crippen molar-refractivity contribution < 1.29 is 0 Å². The summed E-state index contributed by atoms with van der Waals surface area (Å²) in [6, 6.07) is 15.7. The molecule has 0 radical (unpaired) electrons. The van der Waals surface area contributed by atoms with Crippen molar-refractivity contribution in [3.8, 4) is 6.07 Å². The van der Waals surface area contributed by atoms with Crippen LogP contribution in [0.1, 0.15) is 11.1 Å². The molecule has 0 N–H and O–H groups in total. The summed E-state index contributed by atoms with van der Waals surface area (Å²) in [4.78, 5) is 5.90. The minimum absolute atomic E-state index is 0. The molecule has 0 saturated heterocycles. The predicted molar refractivity (Wildman–Crippen MR) is 95.3 cm³/mol. The van der Waals surface area contributed by atoms with E-state index in [9.17, 15) is 5.26 Å². The van der Waals surface area contributed by atoms with E-state index in [4.69, 9.17) is 11.6 Å². The molecule has 0 aliphatic rings. The summed E-state index contributed by atoms with van der Waals surface area (Å²) in [6.45, 7) is 0.724. The van der Waals surface area contributed by atoms with Gasteiger partial charge in [-0.05, 0) is 29.8 Å². The third kappa shape index (κ3) is 4.29. The number of benzene rings is 2. The summed E-state index contributed by atoms with van der Waals surface area (Å²) in [7, 11) is 0. The lowest BCUT2D eigenvalue weighted by atomic mass is 10.1. The maximum Gasteiger partial charge on any atom is 0.100 e. The van der Waals surface area contributed by atoms with Gasteiger partial charge < -0.3 is 4.57 Å². The SMILES string of the molecule is Cl.N#Cc1ccc(Cn2ccnc2)cc1Sc1ccccc1Cl. The second kappa shape index (κ2) is 8.07. The highest BCUT2D eigenvalue weighted by Gasteiger charge is 2.08. The zero-order chi connectivity index (χ0) is 15.4. The van der Waals surface area contributed by atoms with Crippen LogP contribution in [-0.2, 0) is 6.54 Å². The molecule has 2 aromatic carbocycles. The average molecular weight is 362 g/mol. The fourth-order valence-electron chi connectivity index (χ4n) is 2.08. The predicted octanol–water partition coefficient (Wildman–Crippen LogP) is 5.03. The zero-order valence-corrected chi connectivity index (χ0v) is 14.4. The van der Waals surface area contributed by atoms with E-state index in [-0.39, 0.29) is 12.4 Å². The van der Waals surface area contributed by atoms with E-state index in [1.165, 1.54) is 11.8 Å². The molecule has 3 rings (SSSR count). The average Bonchev–Trinajstić information content (AvgIpc) is 3.03. The first-order chi connectivity index (χ1) is 10.8. The van der Waals surface area contributed by atoms with E-state index in [1.54, 1.807) is 12.5 Å². The molecular weight excluding hydrogens is 349 g/mol. The molecule has 23 heavy (non-hydrogen) atoms. The van der Waals surface area contributed by atoms with Gasteiger partial charge >= 0.3 is 0 Å². The van der Waals surface area contributed by atoms with Crippen molar-refractivity contribution in [1.29, 1.82) is 5.26 Å². The van der Waals surface area contributed by atoms with Crippen LogP contribution >= 0.6 is 35.8 Å². The van der Waals surface area contributed by atoms with Gasteiger partial charge in [-0.3, -0.25) is 0 Å². The van der Waals surface area contributed by atoms with E-state index >= 15 is 0 Å².